The molecule has 3 aromatic rings. The predicted octanol–water partition coefficient (Wildman–Crippen LogP) is 1.48. The van der Waals surface area contributed by atoms with Crippen LogP contribution in [0.2, 0.25) is 0 Å². The molecular weight excluding hydrogens is 300 g/mol. The van der Waals surface area contributed by atoms with Crippen molar-refractivity contribution in [3.8, 4) is 0 Å². The Balaban J connectivity index is 1.70. The predicted molar refractivity (Wildman–Crippen MR) is 84.9 cm³/mol. The molecule has 1 N–H and O–H groups in total. The Kier molecular flexibility index (Phi) is 3.92. The van der Waals surface area contributed by atoms with Crippen molar-refractivity contribution >= 4 is 34.5 Å². The van der Waals surface area contributed by atoms with Crippen LogP contribution in [-0.2, 0) is 6.54 Å². The number of hydrogen-bond acceptors (Lipinski definition) is 7. The molecule has 22 heavy (non-hydrogen) atoms. The number of hydrogen-bond donors (Lipinski definition) is 1. The lowest BCUT2D eigenvalue weighted by Gasteiger charge is -2.11. The van der Waals surface area contributed by atoms with Gasteiger partial charge in [-0.05, 0) is 24.3 Å². The van der Waals surface area contributed by atoms with Crippen LogP contribution in [0.4, 0.5) is 5.82 Å². The lowest BCUT2D eigenvalue weighted by atomic mass is 10.2. The van der Waals surface area contributed by atoms with Crippen molar-refractivity contribution in [1.82, 2.24) is 24.0 Å². The lowest BCUT2D eigenvalue weighted by molar-refractivity contribution is 0.0950. The first-order chi connectivity index (χ1) is 10.6. The third-order valence-corrected chi connectivity index (χ3v) is 3.63. The van der Waals surface area contributed by atoms with E-state index in [1.54, 1.807) is 24.4 Å². The molecule has 0 radical (unpaired) electrons. The molecule has 0 saturated carbocycles. The normalized spacial score (nSPS) is 10.6. The second-order valence-electron chi connectivity index (χ2n) is 4.88. The van der Waals surface area contributed by atoms with Gasteiger partial charge in [0.1, 0.15) is 22.7 Å². The molecule has 0 atom stereocenters. The van der Waals surface area contributed by atoms with Gasteiger partial charge in [0.2, 0.25) is 0 Å². The van der Waals surface area contributed by atoms with Gasteiger partial charge in [-0.25, -0.2) is 9.97 Å². The molecule has 0 bridgehead atoms. The Morgan fingerprint density at radius 1 is 1.23 bits per heavy atom. The second kappa shape index (κ2) is 6.02. The SMILES string of the molecule is CN(C)c1ccnc(CNC(=O)c2ccc3nsnc3c2)n1. The molecule has 0 saturated heterocycles. The summed E-state index contributed by atoms with van der Waals surface area (Å²) in [7, 11) is 3.81. The fraction of sp³-hybridized carbons (Fsp3) is 0.214. The van der Waals surface area contributed by atoms with Crippen molar-refractivity contribution in [1.29, 1.82) is 0 Å². The maximum absolute atomic E-state index is 12.2. The largest absolute Gasteiger partial charge is 0.363 e. The van der Waals surface area contributed by atoms with Crippen molar-refractivity contribution < 1.29 is 4.79 Å². The zero-order valence-corrected chi connectivity index (χ0v) is 13.0. The van der Waals surface area contributed by atoms with Crippen molar-refractivity contribution in [3.63, 3.8) is 0 Å². The number of benzene rings is 1. The van der Waals surface area contributed by atoms with Gasteiger partial charge in [-0.1, -0.05) is 0 Å². The summed E-state index contributed by atoms with van der Waals surface area (Å²) in [4.78, 5) is 22.6. The van der Waals surface area contributed by atoms with Gasteiger partial charge in [0.25, 0.3) is 5.91 Å². The molecule has 7 nitrogen and oxygen atoms in total. The Labute approximate surface area is 131 Å². The summed E-state index contributed by atoms with van der Waals surface area (Å²) in [6.45, 7) is 0.272. The number of fused-ring (bicyclic) bond motifs is 1. The van der Waals surface area contributed by atoms with Gasteiger partial charge in [-0.2, -0.15) is 8.75 Å². The zero-order valence-electron chi connectivity index (χ0n) is 12.1. The van der Waals surface area contributed by atoms with E-state index in [0.717, 1.165) is 28.6 Å². The number of carbonyl (C=O) groups excluding carboxylic acids is 1. The summed E-state index contributed by atoms with van der Waals surface area (Å²) in [5, 5.41) is 2.81. The fourth-order valence-electron chi connectivity index (χ4n) is 1.91. The molecule has 1 amide bonds. The number of rotatable bonds is 4. The van der Waals surface area contributed by atoms with Crippen molar-refractivity contribution in [2.45, 2.75) is 6.54 Å². The van der Waals surface area contributed by atoms with Gasteiger partial charge in [0, 0.05) is 25.9 Å². The van der Waals surface area contributed by atoms with Crippen LogP contribution in [0.1, 0.15) is 16.2 Å². The first-order valence-electron chi connectivity index (χ1n) is 6.63. The Morgan fingerprint density at radius 2 is 2.05 bits per heavy atom. The van der Waals surface area contributed by atoms with Crippen LogP contribution in [-0.4, -0.2) is 38.7 Å². The van der Waals surface area contributed by atoms with Crippen LogP contribution < -0.4 is 10.2 Å². The van der Waals surface area contributed by atoms with Crippen molar-refractivity contribution in [3.05, 3.63) is 41.9 Å². The van der Waals surface area contributed by atoms with E-state index in [2.05, 4.69) is 24.0 Å². The topological polar surface area (TPSA) is 83.9 Å². The van der Waals surface area contributed by atoms with Gasteiger partial charge in [-0.15, -0.1) is 0 Å². The monoisotopic (exact) mass is 314 g/mol. The molecule has 0 aliphatic carbocycles. The molecule has 0 unspecified atom stereocenters. The summed E-state index contributed by atoms with van der Waals surface area (Å²) in [5.74, 6) is 1.18. The highest BCUT2D eigenvalue weighted by Crippen LogP contribution is 2.13. The fourth-order valence-corrected chi connectivity index (χ4v) is 2.42. The quantitative estimate of drug-likeness (QED) is 0.785. The molecule has 2 heterocycles. The highest BCUT2D eigenvalue weighted by molar-refractivity contribution is 7.00. The van der Waals surface area contributed by atoms with E-state index < -0.39 is 0 Å². The molecule has 0 aliphatic heterocycles. The second-order valence-corrected chi connectivity index (χ2v) is 5.40. The molecule has 8 heteroatoms. The van der Waals surface area contributed by atoms with E-state index in [9.17, 15) is 4.79 Å². The van der Waals surface area contributed by atoms with E-state index in [1.807, 2.05) is 25.1 Å². The summed E-state index contributed by atoms with van der Waals surface area (Å²) >= 11 is 1.13. The lowest BCUT2D eigenvalue weighted by Crippen LogP contribution is -2.24. The number of aromatic nitrogens is 4. The maximum atomic E-state index is 12.2. The minimum Gasteiger partial charge on any atom is -0.363 e. The van der Waals surface area contributed by atoms with E-state index in [4.69, 9.17) is 0 Å². The van der Waals surface area contributed by atoms with Gasteiger partial charge in [-0.3, -0.25) is 4.79 Å². The molecule has 0 fully saturated rings. The van der Waals surface area contributed by atoms with E-state index in [-0.39, 0.29) is 12.5 Å². The van der Waals surface area contributed by atoms with Gasteiger partial charge in [0.05, 0.1) is 18.3 Å². The summed E-state index contributed by atoms with van der Waals surface area (Å²) < 4.78 is 8.24. The van der Waals surface area contributed by atoms with Gasteiger partial charge in [0.15, 0.2) is 0 Å². The summed E-state index contributed by atoms with van der Waals surface area (Å²) in [6, 6.07) is 7.06. The standard InChI is InChI=1S/C14H14N6OS/c1-20(2)13-5-6-15-12(17-13)8-16-14(21)9-3-4-10-11(7-9)19-22-18-10/h3-7H,8H2,1-2H3,(H,16,21). The highest BCUT2D eigenvalue weighted by Gasteiger charge is 2.09. The minimum atomic E-state index is -0.186. The number of carbonyl (C=O) groups is 1. The van der Waals surface area contributed by atoms with Crippen molar-refractivity contribution in [2.24, 2.45) is 0 Å². The highest BCUT2D eigenvalue weighted by atomic mass is 32.1. The molecule has 3 rings (SSSR count). The number of nitrogens with zero attached hydrogens (tertiary/aromatic N) is 5. The van der Waals surface area contributed by atoms with Crippen LogP contribution in [0.3, 0.4) is 0 Å². The third-order valence-electron chi connectivity index (χ3n) is 3.07. The average Bonchev–Trinajstić information content (AvgIpc) is 3.00. The molecule has 2 aromatic heterocycles. The van der Waals surface area contributed by atoms with Crippen LogP contribution in [0.5, 0.6) is 0 Å². The molecule has 112 valence electrons. The van der Waals surface area contributed by atoms with Crippen LogP contribution in [0.15, 0.2) is 30.5 Å². The van der Waals surface area contributed by atoms with Crippen LogP contribution >= 0.6 is 11.7 Å². The van der Waals surface area contributed by atoms with Crippen LogP contribution in [0.25, 0.3) is 11.0 Å². The number of amides is 1. The number of anilines is 1. The van der Waals surface area contributed by atoms with E-state index >= 15 is 0 Å². The summed E-state index contributed by atoms with van der Waals surface area (Å²) in [6.07, 6.45) is 1.68. The van der Waals surface area contributed by atoms with Gasteiger partial charge >= 0.3 is 0 Å². The zero-order chi connectivity index (χ0) is 15.5. The van der Waals surface area contributed by atoms with Crippen molar-refractivity contribution in [2.75, 3.05) is 19.0 Å². The maximum Gasteiger partial charge on any atom is 0.251 e. The Hall–Kier alpha value is -2.61. The Morgan fingerprint density at radius 3 is 2.86 bits per heavy atom. The molecule has 0 spiro atoms. The first-order valence-corrected chi connectivity index (χ1v) is 7.36. The van der Waals surface area contributed by atoms with Crippen LogP contribution in [0, 0.1) is 0 Å². The summed E-state index contributed by atoms with van der Waals surface area (Å²) in [5.41, 5.74) is 2.07. The Bertz CT molecular complexity index is 816. The first kappa shape index (κ1) is 14.3. The average molecular weight is 314 g/mol. The smallest absolute Gasteiger partial charge is 0.251 e. The molecular formula is C14H14N6OS. The van der Waals surface area contributed by atoms with E-state index in [1.165, 1.54) is 0 Å². The minimum absolute atomic E-state index is 0.186. The number of nitrogens with one attached hydrogen (secondary N) is 1. The van der Waals surface area contributed by atoms with Gasteiger partial charge < -0.3 is 10.2 Å². The van der Waals surface area contributed by atoms with E-state index in [0.29, 0.717) is 11.4 Å². The molecule has 0 aliphatic rings. The third kappa shape index (κ3) is 3.01. The molecule has 1 aromatic carbocycles.